The van der Waals surface area contributed by atoms with E-state index in [-0.39, 0.29) is 11.5 Å². The molecule has 0 fully saturated rings. The quantitative estimate of drug-likeness (QED) is 0.378. The van der Waals surface area contributed by atoms with Gasteiger partial charge in [0, 0.05) is 19.2 Å². The number of fused-ring (bicyclic) bond motifs is 1. The Morgan fingerprint density at radius 3 is 2.35 bits per heavy atom. The van der Waals surface area contributed by atoms with Crippen molar-refractivity contribution in [2.45, 2.75) is 26.3 Å². The van der Waals surface area contributed by atoms with Crippen LogP contribution in [-0.4, -0.2) is 40.6 Å². The maximum atomic E-state index is 13.7. The van der Waals surface area contributed by atoms with Crippen molar-refractivity contribution in [3.05, 3.63) is 106 Å². The Balaban J connectivity index is 1.94. The number of nitrogens with zero attached hydrogens (tertiary/aromatic N) is 3. The highest BCUT2D eigenvalue weighted by Crippen LogP contribution is 2.27. The minimum atomic E-state index is -0.429. The lowest BCUT2D eigenvalue weighted by Gasteiger charge is -2.32. The molecule has 1 atom stereocenters. The maximum absolute atomic E-state index is 13.7. The van der Waals surface area contributed by atoms with Gasteiger partial charge in [-0.3, -0.25) is 14.2 Å². The zero-order valence-corrected chi connectivity index (χ0v) is 19.8. The number of carbonyl (C=O) groups is 1. The number of hydrogen-bond donors (Lipinski definition) is 0. The summed E-state index contributed by atoms with van der Waals surface area (Å²) in [6.45, 7) is 4.76. The van der Waals surface area contributed by atoms with E-state index in [0.29, 0.717) is 41.9 Å². The molecule has 0 saturated heterocycles. The maximum Gasteiger partial charge on any atom is 0.266 e. The Morgan fingerprint density at radius 2 is 1.68 bits per heavy atom. The molecule has 1 aromatic heterocycles. The lowest BCUT2D eigenvalue weighted by atomic mass is 10.1. The number of methoxy groups -OCH3 is 1. The number of ether oxygens (including phenoxy) is 1. The van der Waals surface area contributed by atoms with Crippen LogP contribution in [-0.2, 0) is 4.74 Å². The van der Waals surface area contributed by atoms with Crippen molar-refractivity contribution < 1.29 is 9.53 Å². The second-order valence-electron chi connectivity index (χ2n) is 8.24. The summed E-state index contributed by atoms with van der Waals surface area (Å²) in [5.74, 6) is 0.415. The molecule has 0 aliphatic carbocycles. The summed E-state index contributed by atoms with van der Waals surface area (Å²) in [6.07, 6.45) is 0.582. The predicted molar refractivity (Wildman–Crippen MR) is 134 cm³/mol. The lowest BCUT2D eigenvalue weighted by Crippen LogP contribution is -2.40. The van der Waals surface area contributed by atoms with Gasteiger partial charge < -0.3 is 9.64 Å². The molecular formula is C28H29N3O3. The first-order valence-electron chi connectivity index (χ1n) is 11.5. The number of para-hydroxylation sites is 1. The Bertz CT molecular complexity index is 1330. The highest BCUT2D eigenvalue weighted by atomic mass is 16.5. The fourth-order valence-electron chi connectivity index (χ4n) is 4.19. The van der Waals surface area contributed by atoms with Crippen LogP contribution in [0.3, 0.4) is 0 Å². The Morgan fingerprint density at radius 1 is 1.00 bits per heavy atom. The highest BCUT2D eigenvalue weighted by Gasteiger charge is 2.29. The average molecular weight is 456 g/mol. The Kier molecular flexibility index (Phi) is 7.18. The third-order valence-corrected chi connectivity index (χ3v) is 5.97. The van der Waals surface area contributed by atoms with E-state index >= 15 is 0 Å². The molecule has 0 spiro atoms. The molecule has 1 heterocycles. The minimum Gasteiger partial charge on any atom is -0.383 e. The van der Waals surface area contributed by atoms with Crippen molar-refractivity contribution in [1.29, 1.82) is 0 Å². The zero-order valence-electron chi connectivity index (χ0n) is 19.8. The van der Waals surface area contributed by atoms with E-state index < -0.39 is 6.04 Å². The molecule has 4 aromatic rings. The molecular weight excluding hydrogens is 426 g/mol. The predicted octanol–water partition coefficient (Wildman–Crippen LogP) is 4.93. The average Bonchev–Trinajstić information content (AvgIpc) is 2.87. The number of benzene rings is 3. The summed E-state index contributed by atoms with van der Waals surface area (Å²) in [4.78, 5) is 34.1. The molecule has 3 aromatic carbocycles. The molecule has 6 heteroatoms. The standard InChI is InChI=1S/C28H29N3O3/c1-4-25(30(18-19-34-3)27(32)21-10-6-5-7-11-21)26-29-24-13-9-8-12-23(24)28(33)31(26)22-16-14-20(2)15-17-22/h5-17,25H,4,18-19H2,1-3H3. The first-order chi connectivity index (χ1) is 16.5. The number of hydrogen-bond acceptors (Lipinski definition) is 4. The first-order valence-corrected chi connectivity index (χ1v) is 11.5. The fourth-order valence-corrected chi connectivity index (χ4v) is 4.19. The molecule has 0 saturated carbocycles. The third-order valence-electron chi connectivity index (χ3n) is 5.97. The van der Waals surface area contributed by atoms with Crippen LogP contribution in [0.25, 0.3) is 16.6 Å². The van der Waals surface area contributed by atoms with Crippen molar-refractivity contribution >= 4 is 16.8 Å². The Labute approximate surface area is 199 Å². The number of aryl methyl sites for hydroxylation is 1. The number of carbonyl (C=O) groups excluding carboxylic acids is 1. The summed E-state index contributed by atoms with van der Waals surface area (Å²) < 4.78 is 6.97. The third kappa shape index (κ3) is 4.63. The minimum absolute atomic E-state index is 0.123. The van der Waals surface area contributed by atoms with E-state index in [4.69, 9.17) is 9.72 Å². The molecule has 34 heavy (non-hydrogen) atoms. The second-order valence-corrected chi connectivity index (χ2v) is 8.24. The molecule has 0 bridgehead atoms. The van der Waals surface area contributed by atoms with E-state index in [1.165, 1.54) is 0 Å². The summed E-state index contributed by atoms with van der Waals surface area (Å²) in [6, 6.07) is 23.9. The van der Waals surface area contributed by atoms with E-state index in [0.717, 1.165) is 11.3 Å². The van der Waals surface area contributed by atoms with Gasteiger partial charge in [0.05, 0.1) is 29.2 Å². The van der Waals surface area contributed by atoms with Gasteiger partial charge in [-0.25, -0.2) is 4.98 Å². The molecule has 0 aliphatic heterocycles. The number of amides is 1. The van der Waals surface area contributed by atoms with Gasteiger partial charge in [-0.15, -0.1) is 0 Å². The van der Waals surface area contributed by atoms with Crippen LogP contribution in [0.5, 0.6) is 0 Å². The smallest absolute Gasteiger partial charge is 0.266 e. The largest absolute Gasteiger partial charge is 0.383 e. The fraction of sp³-hybridized carbons (Fsp3) is 0.250. The van der Waals surface area contributed by atoms with Crippen molar-refractivity contribution in [1.82, 2.24) is 14.5 Å². The summed E-state index contributed by atoms with van der Waals surface area (Å²) in [5.41, 5.74) is 2.87. The van der Waals surface area contributed by atoms with Crippen molar-refractivity contribution in [2.24, 2.45) is 0 Å². The summed E-state index contributed by atoms with van der Waals surface area (Å²) in [5, 5.41) is 0.541. The van der Waals surface area contributed by atoms with Gasteiger partial charge in [0.1, 0.15) is 5.82 Å². The van der Waals surface area contributed by atoms with E-state index in [1.807, 2.05) is 74.5 Å². The summed E-state index contributed by atoms with van der Waals surface area (Å²) in [7, 11) is 1.61. The highest BCUT2D eigenvalue weighted by molar-refractivity contribution is 5.94. The normalized spacial score (nSPS) is 12.0. The van der Waals surface area contributed by atoms with Crippen LogP contribution in [0.15, 0.2) is 83.7 Å². The molecule has 0 aliphatic rings. The van der Waals surface area contributed by atoms with E-state index in [9.17, 15) is 9.59 Å². The first kappa shape index (κ1) is 23.4. The Hall–Kier alpha value is -3.77. The van der Waals surface area contributed by atoms with Crippen LogP contribution >= 0.6 is 0 Å². The van der Waals surface area contributed by atoms with Crippen LogP contribution < -0.4 is 5.56 Å². The molecule has 1 amide bonds. The lowest BCUT2D eigenvalue weighted by molar-refractivity contribution is 0.0579. The van der Waals surface area contributed by atoms with Gasteiger partial charge >= 0.3 is 0 Å². The van der Waals surface area contributed by atoms with Gasteiger partial charge in [-0.1, -0.05) is 55.0 Å². The topological polar surface area (TPSA) is 64.4 Å². The SMILES string of the molecule is CCC(c1nc2ccccc2c(=O)n1-c1ccc(C)cc1)N(CCOC)C(=O)c1ccccc1. The van der Waals surface area contributed by atoms with Crippen LogP contribution in [0.4, 0.5) is 0 Å². The number of aromatic nitrogens is 2. The molecule has 6 nitrogen and oxygen atoms in total. The van der Waals surface area contributed by atoms with E-state index in [2.05, 4.69) is 0 Å². The van der Waals surface area contributed by atoms with Gasteiger partial charge in [-0.2, -0.15) is 0 Å². The molecule has 0 N–H and O–H groups in total. The number of rotatable bonds is 8. The van der Waals surface area contributed by atoms with Crippen LogP contribution in [0.1, 0.15) is 41.1 Å². The molecule has 1 unspecified atom stereocenters. The van der Waals surface area contributed by atoms with Gasteiger partial charge in [0.2, 0.25) is 0 Å². The van der Waals surface area contributed by atoms with Crippen molar-refractivity contribution in [3.8, 4) is 5.69 Å². The van der Waals surface area contributed by atoms with Gasteiger partial charge in [0.15, 0.2) is 0 Å². The monoisotopic (exact) mass is 455 g/mol. The van der Waals surface area contributed by atoms with Crippen molar-refractivity contribution in [3.63, 3.8) is 0 Å². The van der Waals surface area contributed by atoms with Gasteiger partial charge in [-0.05, 0) is 49.7 Å². The molecule has 0 radical (unpaired) electrons. The van der Waals surface area contributed by atoms with Gasteiger partial charge in [0.25, 0.3) is 11.5 Å². The summed E-state index contributed by atoms with van der Waals surface area (Å²) >= 11 is 0. The van der Waals surface area contributed by atoms with Crippen LogP contribution in [0.2, 0.25) is 0 Å². The van der Waals surface area contributed by atoms with Crippen LogP contribution in [0, 0.1) is 6.92 Å². The van der Waals surface area contributed by atoms with E-state index in [1.54, 1.807) is 34.8 Å². The second kappa shape index (κ2) is 10.4. The zero-order chi connectivity index (χ0) is 24.1. The molecule has 174 valence electrons. The molecule has 4 rings (SSSR count). The van der Waals surface area contributed by atoms with Crippen molar-refractivity contribution in [2.75, 3.05) is 20.3 Å².